The van der Waals surface area contributed by atoms with E-state index in [1.165, 1.54) is 19.3 Å². The standard InChI is InChI=1S/C25H26N2O5/c1-4-5-14-27-25(29)20(17-26)15-19-8-12-22(23(16-19)31-3)32-24(28)13-9-18-6-10-21(30-2)11-7-18/h6-13,15-16H,4-5,14H2,1-3H3,(H,27,29)/b13-9+,20-15+. The van der Waals surface area contributed by atoms with Crippen molar-refractivity contribution in [2.75, 3.05) is 20.8 Å². The van der Waals surface area contributed by atoms with Crippen molar-refractivity contribution in [2.45, 2.75) is 19.8 Å². The largest absolute Gasteiger partial charge is 0.497 e. The summed E-state index contributed by atoms with van der Waals surface area (Å²) in [4.78, 5) is 24.3. The SMILES string of the molecule is CCCCNC(=O)/C(C#N)=C/c1ccc(OC(=O)/C=C/c2ccc(OC)cc2)c(OC)c1. The van der Waals surface area contributed by atoms with Crippen LogP contribution in [0.1, 0.15) is 30.9 Å². The lowest BCUT2D eigenvalue weighted by Crippen LogP contribution is -2.25. The van der Waals surface area contributed by atoms with Crippen LogP contribution < -0.4 is 19.5 Å². The van der Waals surface area contributed by atoms with Crippen LogP contribution in [0.4, 0.5) is 0 Å². The molecule has 0 radical (unpaired) electrons. The van der Waals surface area contributed by atoms with Gasteiger partial charge in [-0.3, -0.25) is 4.79 Å². The van der Waals surface area contributed by atoms with Gasteiger partial charge in [0.1, 0.15) is 17.4 Å². The zero-order valence-electron chi connectivity index (χ0n) is 18.4. The van der Waals surface area contributed by atoms with Crippen LogP contribution in [0.25, 0.3) is 12.2 Å². The van der Waals surface area contributed by atoms with Crippen LogP contribution in [-0.2, 0) is 9.59 Å². The number of carbonyl (C=O) groups excluding carboxylic acids is 2. The van der Waals surface area contributed by atoms with Crippen LogP contribution in [0.5, 0.6) is 17.2 Å². The van der Waals surface area contributed by atoms with Crippen LogP contribution >= 0.6 is 0 Å². The van der Waals surface area contributed by atoms with E-state index in [2.05, 4.69) is 5.32 Å². The molecule has 166 valence electrons. The second-order valence-corrected chi connectivity index (χ2v) is 6.72. The second-order valence-electron chi connectivity index (χ2n) is 6.72. The Balaban J connectivity index is 2.10. The van der Waals surface area contributed by atoms with Gasteiger partial charge in [-0.2, -0.15) is 5.26 Å². The Morgan fingerprint density at radius 2 is 1.75 bits per heavy atom. The van der Waals surface area contributed by atoms with Gasteiger partial charge in [0.25, 0.3) is 5.91 Å². The maximum Gasteiger partial charge on any atom is 0.336 e. The fraction of sp³-hybridized carbons (Fsp3) is 0.240. The summed E-state index contributed by atoms with van der Waals surface area (Å²) in [6.45, 7) is 2.53. The Kier molecular flexibility index (Phi) is 9.54. The summed E-state index contributed by atoms with van der Waals surface area (Å²) in [5.41, 5.74) is 1.37. The highest BCUT2D eigenvalue weighted by atomic mass is 16.6. The molecule has 0 atom stereocenters. The van der Waals surface area contributed by atoms with E-state index in [4.69, 9.17) is 14.2 Å². The van der Waals surface area contributed by atoms with Crippen molar-refractivity contribution in [1.82, 2.24) is 5.32 Å². The molecule has 1 amide bonds. The third kappa shape index (κ3) is 7.33. The van der Waals surface area contributed by atoms with E-state index in [0.717, 1.165) is 24.2 Å². The number of carbonyl (C=O) groups is 2. The zero-order chi connectivity index (χ0) is 23.3. The molecule has 0 bridgehead atoms. The number of unbranched alkanes of at least 4 members (excludes halogenated alkanes) is 1. The molecule has 7 heteroatoms. The van der Waals surface area contributed by atoms with Crippen LogP contribution in [0.15, 0.2) is 54.1 Å². The van der Waals surface area contributed by atoms with Crippen molar-refractivity contribution in [3.63, 3.8) is 0 Å². The molecule has 0 spiro atoms. The predicted molar refractivity (Wildman–Crippen MR) is 122 cm³/mol. The summed E-state index contributed by atoms with van der Waals surface area (Å²) in [6, 6.07) is 13.9. The highest BCUT2D eigenvalue weighted by Crippen LogP contribution is 2.29. The molecule has 0 unspecified atom stereocenters. The molecule has 0 heterocycles. The molecule has 0 fully saturated rings. The highest BCUT2D eigenvalue weighted by Gasteiger charge is 2.12. The number of rotatable bonds is 10. The third-order valence-corrected chi connectivity index (χ3v) is 4.42. The first kappa shape index (κ1) is 24.2. The first-order chi connectivity index (χ1) is 15.5. The molecule has 32 heavy (non-hydrogen) atoms. The van der Waals surface area contributed by atoms with Gasteiger partial charge in [-0.15, -0.1) is 0 Å². The third-order valence-electron chi connectivity index (χ3n) is 4.42. The van der Waals surface area contributed by atoms with Gasteiger partial charge in [0.2, 0.25) is 0 Å². The van der Waals surface area contributed by atoms with Crippen molar-refractivity contribution >= 4 is 24.0 Å². The fourth-order valence-corrected chi connectivity index (χ4v) is 2.67. The molecule has 0 aromatic heterocycles. The molecule has 7 nitrogen and oxygen atoms in total. The van der Waals surface area contributed by atoms with Crippen molar-refractivity contribution in [2.24, 2.45) is 0 Å². The van der Waals surface area contributed by atoms with Crippen LogP contribution in [0.3, 0.4) is 0 Å². The van der Waals surface area contributed by atoms with Crippen molar-refractivity contribution in [3.05, 3.63) is 65.2 Å². The fourth-order valence-electron chi connectivity index (χ4n) is 2.67. The molecule has 0 aliphatic carbocycles. The van der Waals surface area contributed by atoms with Crippen molar-refractivity contribution in [1.29, 1.82) is 5.26 Å². The van der Waals surface area contributed by atoms with Crippen molar-refractivity contribution in [3.8, 4) is 23.3 Å². The topological polar surface area (TPSA) is 97.7 Å². The van der Waals surface area contributed by atoms with E-state index in [-0.39, 0.29) is 11.3 Å². The zero-order valence-corrected chi connectivity index (χ0v) is 18.4. The number of benzene rings is 2. The summed E-state index contributed by atoms with van der Waals surface area (Å²) in [5.74, 6) is 0.240. The molecule has 2 aromatic rings. The number of nitriles is 1. The Bertz CT molecular complexity index is 1030. The Morgan fingerprint density at radius 1 is 1.03 bits per heavy atom. The molecular weight excluding hydrogens is 408 g/mol. The number of hydrogen-bond acceptors (Lipinski definition) is 6. The lowest BCUT2D eigenvalue weighted by Gasteiger charge is -2.09. The van der Waals surface area contributed by atoms with E-state index in [1.54, 1.807) is 43.5 Å². The number of amides is 1. The number of hydrogen-bond donors (Lipinski definition) is 1. The highest BCUT2D eigenvalue weighted by molar-refractivity contribution is 6.01. The summed E-state index contributed by atoms with van der Waals surface area (Å²) < 4.78 is 15.8. The average molecular weight is 434 g/mol. The van der Waals surface area contributed by atoms with Gasteiger partial charge in [-0.25, -0.2) is 4.79 Å². The van der Waals surface area contributed by atoms with Gasteiger partial charge in [0.05, 0.1) is 14.2 Å². The summed E-state index contributed by atoms with van der Waals surface area (Å²) >= 11 is 0. The average Bonchev–Trinajstić information content (AvgIpc) is 2.82. The number of ether oxygens (including phenoxy) is 3. The van der Waals surface area contributed by atoms with Gasteiger partial charge in [-0.1, -0.05) is 31.5 Å². The van der Waals surface area contributed by atoms with Crippen LogP contribution in [0.2, 0.25) is 0 Å². The van der Waals surface area contributed by atoms with Gasteiger partial charge < -0.3 is 19.5 Å². The van der Waals surface area contributed by atoms with Crippen LogP contribution in [0, 0.1) is 11.3 Å². The molecule has 2 rings (SSSR count). The van der Waals surface area contributed by atoms with Crippen LogP contribution in [-0.4, -0.2) is 32.6 Å². The molecule has 0 aliphatic rings. The quantitative estimate of drug-likeness (QED) is 0.198. The van der Waals surface area contributed by atoms with Gasteiger partial charge >= 0.3 is 5.97 Å². The molecule has 0 saturated heterocycles. The normalized spacial score (nSPS) is 11.0. The molecule has 1 N–H and O–H groups in total. The predicted octanol–water partition coefficient (Wildman–Crippen LogP) is 4.15. The first-order valence-corrected chi connectivity index (χ1v) is 10.1. The maximum atomic E-state index is 12.2. The van der Waals surface area contributed by atoms with E-state index >= 15 is 0 Å². The van der Waals surface area contributed by atoms with E-state index in [9.17, 15) is 14.9 Å². The smallest absolute Gasteiger partial charge is 0.336 e. The molecule has 2 aromatic carbocycles. The lowest BCUT2D eigenvalue weighted by atomic mass is 10.1. The first-order valence-electron chi connectivity index (χ1n) is 10.1. The summed E-state index contributed by atoms with van der Waals surface area (Å²) in [6.07, 6.45) is 6.17. The summed E-state index contributed by atoms with van der Waals surface area (Å²) in [5, 5.41) is 12.0. The summed E-state index contributed by atoms with van der Waals surface area (Å²) in [7, 11) is 3.02. The lowest BCUT2D eigenvalue weighted by molar-refractivity contribution is -0.129. The maximum absolute atomic E-state index is 12.2. The van der Waals surface area contributed by atoms with Gasteiger partial charge in [0, 0.05) is 12.6 Å². The number of methoxy groups -OCH3 is 2. The van der Waals surface area contributed by atoms with E-state index < -0.39 is 11.9 Å². The molecular formula is C25H26N2O5. The Labute approximate surface area is 187 Å². The van der Waals surface area contributed by atoms with Crippen molar-refractivity contribution < 1.29 is 23.8 Å². The number of nitrogens with one attached hydrogen (secondary N) is 1. The van der Waals surface area contributed by atoms with E-state index in [1.807, 2.05) is 25.1 Å². The minimum atomic E-state index is -0.574. The Morgan fingerprint density at radius 3 is 2.38 bits per heavy atom. The number of nitrogens with zero attached hydrogens (tertiary/aromatic N) is 1. The Hall–Kier alpha value is -4.05. The number of esters is 1. The molecule has 0 saturated carbocycles. The van der Waals surface area contributed by atoms with Gasteiger partial charge in [0.15, 0.2) is 11.5 Å². The van der Waals surface area contributed by atoms with Gasteiger partial charge in [-0.05, 0) is 54.0 Å². The second kappa shape index (κ2) is 12.6. The monoisotopic (exact) mass is 434 g/mol. The minimum absolute atomic E-state index is 0.0182. The van der Waals surface area contributed by atoms with E-state index in [0.29, 0.717) is 17.9 Å². The minimum Gasteiger partial charge on any atom is -0.497 e. The molecule has 0 aliphatic heterocycles.